The molecule has 1 N–H and O–H groups in total. The van der Waals surface area contributed by atoms with E-state index in [0.717, 1.165) is 0 Å². The van der Waals surface area contributed by atoms with Crippen LogP contribution in [0.2, 0.25) is 0 Å². The van der Waals surface area contributed by atoms with Crippen molar-refractivity contribution in [3.8, 4) is 0 Å². The number of rotatable bonds is 0. The van der Waals surface area contributed by atoms with Crippen LogP contribution in [-0.2, 0) is 15.0 Å². The van der Waals surface area contributed by atoms with Gasteiger partial charge in [-0.25, -0.2) is 0 Å². The number of hydrogen-bond acceptors (Lipinski definition) is 2. The molecule has 0 radical (unpaired) electrons. The summed E-state index contributed by atoms with van der Waals surface area (Å²) < 4.78 is 37.4. The van der Waals surface area contributed by atoms with Gasteiger partial charge in [0.2, 0.25) is 5.91 Å². The zero-order valence-corrected chi connectivity index (χ0v) is 10.3. The normalized spacial score (nSPS) is 24.9. The lowest BCUT2D eigenvalue weighted by atomic mass is 9.81. The van der Waals surface area contributed by atoms with Crippen molar-refractivity contribution in [2.24, 2.45) is 0 Å². The highest BCUT2D eigenvalue weighted by Gasteiger charge is 2.55. The molecule has 2 amide bonds. The van der Waals surface area contributed by atoms with Crippen LogP contribution in [0.5, 0.6) is 0 Å². The van der Waals surface area contributed by atoms with E-state index in [1.54, 1.807) is 24.3 Å². The topological polar surface area (TPSA) is 49.4 Å². The highest BCUT2D eigenvalue weighted by Crippen LogP contribution is 2.44. The summed E-state index contributed by atoms with van der Waals surface area (Å²) in [4.78, 5) is 24.1. The molecule has 1 fully saturated rings. The largest absolute Gasteiger partial charge is 0.471 e. The maximum atomic E-state index is 12.5. The van der Waals surface area contributed by atoms with E-state index in [1.807, 2.05) is 0 Å². The van der Waals surface area contributed by atoms with Crippen LogP contribution < -0.4 is 5.32 Å². The van der Waals surface area contributed by atoms with E-state index >= 15 is 0 Å². The molecule has 4 nitrogen and oxygen atoms in total. The molecule has 106 valence electrons. The van der Waals surface area contributed by atoms with E-state index in [9.17, 15) is 22.8 Å². The number of nitrogens with zero attached hydrogens (tertiary/aromatic N) is 1. The van der Waals surface area contributed by atoms with Crippen LogP contribution in [0.3, 0.4) is 0 Å². The van der Waals surface area contributed by atoms with Crippen LogP contribution in [0.15, 0.2) is 24.3 Å². The van der Waals surface area contributed by atoms with E-state index in [4.69, 9.17) is 0 Å². The molecule has 20 heavy (non-hydrogen) atoms. The van der Waals surface area contributed by atoms with Crippen molar-refractivity contribution >= 4 is 17.5 Å². The predicted octanol–water partition coefficient (Wildman–Crippen LogP) is 1.67. The molecule has 0 aromatic heterocycles. The Morgan fingerprint density at radius 3 is 2.70 bits per heavy atom. The third-order valence-corrected chi connectivity index (χ3v) is 3.92. The minimum atomic E-state index is -4.90. The fourth-order valence-electron chi connectivity index (χ4n) is 2.94. The Labute approximate surface area is 112 Å². The van der Waals surface area contributed by atoms with Crippen LogP contribution in [0, 0.1) is 0 Å². The van der Waals surface area contributed by atoms with Gasteiger partial charge in [-0.1, -0.05) is 18.2 Å². The molecule has 3 rings (SSSR count). The summed E-state index contributed by atoms with van der Waals surface area (Å²) in [5.41, 5.74) is 0.235. The number of alkyl halides is 3. The standard InChI is InChI=1S/C13H11F3N2O2/c14-13(15,16)11(20)18-6-5-12(7-18)8-3-1-2-4-9(8)17-10(12)19/h1-4H,5-7H2,(H,17,19)/t12-/m0/s1. The Balaban J connectivity index is 1.93. The van der Waals surface area contributed by atoms with Gasteiger partial charge in [-0.2, -0.15) is 13.2 Å². The van der Waals surface area contributed by atoms with Gasteiger partial charge in [-0.05, 0) is 18.1 Å². The van der Waals surface area contributed by atoms with Crippen LogP contribution in [0.25, 0.3) is 0 Å². The number of carbonyl (C=O) groups is 2. The number of fused-ring (bicyclic) bond motifs is 2. The molecule has 1 atom stereocenters. The summed E-state index contributed by atoms with van der Waals surface area (Å²) >= 11 is 0. The Hall–Kier alpha value is -2.05. The number of carbonyl (C=O) groups excluding carboxylic acids is 2. The van der Waals surface area contributed by atoms with Crippen LogP contribution in [0.4, 0.5) is 18.9 Å². The van der Waals surface area contributed by atoms with E-state index in [2.05, 4.69) is 5.32 Å². The summed E-state index contributed by atoms with van der Waals surface area (Å²) in [6.45, 7) is -0.297. The lowest BCUT2D eigenvalue weighted by Crippen LogP contribution is -2.43. The van der Waals surface area contributed by atoms with E-state index < -0.39 is 17.5 Å². The van der Waals surface area contributed by atoms with Crippen molar-refractivity contribution in [2.75, 3.05) is 18.4 Å². The SMILES string of the molecule is O=C(N1CC[C@@]2(C1)C(=O)Nc1ccccc12)C(F)(F)F. The summed E-state index contributed by atoms with van der Waals surface area (Å²) in [7, 11) is 0. The Morgan fingerprint density at radius 2 is 2.00 bits per heavy atom. The van der Waals surface area contributed by atoms with Crippen molar-refractivity contribution in [2.45, 2.75) is 18.0 Å². The average molecular weight is 284 g/mol. The molecule has 0 bridgehead atoms. The minimum Gasteiger partial charge on any atom is -0.333 e. The molecule has 2 aliphatic heterocycles. The molecule has 1 aromatic carbocycles. The zero-order valence-electron chi connectivity index (χ0n) is 10.3. The first-order valence-corrected chi connectivity index (χ1v) is 6.12. The second-order valence-corrected chi connectivity index (χ2v) is 5.06. The van der Waals surface area contributed by atoms with Crippen molar-refractivity contribution in [1.82, 2.24) is 4.90 Å². The number of benzene rings is 1. The highest BCUT2D eigenvalue weighted by atomic mass is 19.4. The van der Waals surface area contributed by atoms with Gasteiger partial charge in [0.15, 0.2) is 0 Å². The maximum absolute atomic E-state index is 12.5. The fraction of sp³-hybridized carbons (Fsp3) is 0.385. The molecule has 0 aliphatic carbocycles. The lowest BCUT2D eigenvalue weighted by molar-refractivity contribution is -0.184. The second-order valence-electron chi connectivity index (χ2n) is 5.06. The lowest BCUT2D eigenvalue weighted by Gasteiger charge is -2.23. The number of hydrogen-bond donors (Lipinski definition) is 1. The maximum Gasteiger partial charge on any atom is 0.471 e. The molecule has 1 aromatic rings. The van der Waals surface area contributed by atoms with Crippen molar-refractivity contribution in [3.63, 3.8) is 0 Å². The van der Waals surface area contributed by atoms with Gasteiger partial charge < -0.3 is 10.2 Å². The number of amides is 2. The third-order valence-electron chi connectivity index (χ3n) is 3.92. The predicted molar refractivity (Wildman–Crippen MR) is 64.0 cm³/mol. The Kier molecular flexibility index (Phi) is 2.57. The van der Waals surface area contributed by atoms with Gasteiger partial charge in [0.05, 0.1) is 5.41 Å². The smallest absolute Gasteiger partial charge is 0.333 e. The molecule has 1 spiro atoms. The van der Waals surface area contributed by atoms with Gasteiger partial charge in [-0.15, -0.1) is 0 Å². The van der Waals surface area contributed by atoms with E-state index in [-0.39, 0.29) is 25.4 Å². The first kappa shape index (κ1) is 13.0. The molecule has 0 saturated carbocycles. The van der Waals surface area contributed by atoms with Gasteiger partial charge in [-0.3, -0.25) is 9.59 Å². The average Bonchev–Trinajstić information content (AvgIpc) is 2.93. The third kappa shape index (κ3) is 1.69. The monoisotopic (exact) mass is 284 g/mol. The van der Waals surface area contributed by atoms with Crippen molar-refractivity contribution in [3.05, 3.63) is 29.8 Å². The summed E-state index contributed by atoms with van der Waals surface area (Å²) in [6, 6.07) is 6.89. The van der Waals surface area contributed by atoms with E-state index in [0.29, 0.717) is 16.2 Å². The zero-order chi connectivity index (χ0) is 14.5. The van der Waals surface area contributed by atoms with E-state index in [1.165, 1.54) is 0 Å². The fourth-order valence-corrected chi connectivity index (χ4v) is 2.94. The summed E-state index contributed by atoms with van der Waals surface area (Å²) in [6.07, 6.45) is -4.70. The molecule has 7 heteroatoms. The quantitative estimate of drug-likeness (QED) is 0.788. The Bertz CT molecular complexity index is 600. The summed E-state index contributed by atoms with van der Waals surface area (Å²) in [5, 5.41) is 2.67. The van der Waals surface area contributed by atoms with Crippen LogP contribution in [-0.4, -0.2) is 36.0 Å². The molecule has 2 heterocycles. The number of anilines is 1. The van der Waals surface area contributed by atoms with Crippen molar-refractivity contribution < 1.29 is 22.8 Å². The second kappa shape index (κ2) is 3.97. The van der Waals surface area contributed by atoms with Crippen molar-refractivity contribution in [1.29, 1.82) is 0 Å². The van der Waals surface area contributed by atoms with Crippen LogP contribution in [0.1, 0.15) is 12.0 Å². The highest BCUT2D eigenvalue weighted by molar-refractivity contribution is 6.07. The number of halogens is 3. The first-order valence-electron chi connectivity index (χ1n) is 6.12. The number of nitrogens with one attached hydrogen (secondary N) is 1. The van der Waals surface area contributed by atoms with Gasteiger partial charge in [0.1, 0.15) is 0 Å². The molecular formula is C13H11F3N2O2. The van der Waals surface area contributed by atoms with Gasteiger partial charge in [0.25, 0.3) is 0 Å². The summed E-state index contributed by atoms with van der Waals surface area (Å²) in [5.74, 6) is -2.22. The molecule has 1 saturated heterocycles. The molecular weight excluding hydrogens is 273 g/mol. The molecule has 2 aliphatic rings. The van der Waals surface area contributed by atoms with Crippen LogP contribution >= 0.6 is 0 Å². The van der Waals surface area contributed by atoms with Gasteiger partial charge in [0, 0.05) is 18.8 Å². The number of para-hydroxylation sites is 1. The first-order chi connectivity index (χ1) is 9.34. The number of likely N-dealkylation sites (tertiary alicyclic amines) is 1. The molecule has 0 unspecified atom stereocenters. The minimum absolute atomic E-state index is 0.0693. The Morgan fingerprint density at radius 1 is 1.30 bits per heavy atom. The van der Waals surface area contributed by atoms with Gasteiger partial charge >= 0.3 is 12.1 Å².